The Bertz CT molecular complexity index is 3800. The van der Waals surface area contributed by atoms with E-state index in [0.717, 1.165) is 40.3 Å². The molecular formula is C68H52N2. The molecule has 334 valence electrons. The van der Waals surface area contributed by atoms with Crippen molar-refractivity contribution in [2.45, 2.75) is 20.3 Å². The summed E-state index contributed by atoms with van der Waals surface area (Å²) < 4.78 is 2.45. The second-order valence-electron chi connectivity index (χ2n) is 18.4. The summed E-state index contributed by atoms with van der Waals surface area (Å²) in [7, 11) is 0. The Kier molecular flexibility index (Phi) is 11.0. The second kappa shape index (κ2) is 18.1. The van der Waals surface area contributed by atoms with Crippen LogP contribution in [-0.2, 0) is 6.42 Å². The van der Waals surface area contributed by atoms with E-state index in [-0.39, 0.29) is 5.92 Å². The number of para-hydroxylation sites is 1. The van der Waals surface area contributed by atoms with Gasteiger partial charge in [-0.15, -0.1) is 0 Å². The van der Waals surface area contributed by atoms with Crippen molar-refractivity contribution < 1.29 is 0 Å². The van der Waals surface area contributed by atoms with Crippen LogP contribution in [0.1, 0.15) is 41.7 Å². The zero-order valence-electron chi connectivity index (χ0n) is 39.6. The Morgan fingerprint density at radius 2 is 1.31 bits per heavy atom. The lowest BCUT2D eigenvalue weighted by atomic mass is 9.82. The van der Waals surface area contributed by atoms with Crippen LogP contribution < -0.4 is 4.90 Å². The Morgan fingerprint density at radius 1 is 0.600 bits per heavy atom. The highest BCUT2D eigenvalue weighted by molar-refractivity contribution is 6.12. The number of fused-ring (bicyclic) bond motifs is 6. The van der Waals surface area contributed by atoms with Gasteiger partial charge >= 0.3 is 0 Å². The molecule has 0 fully saturated rings. The van der Waals surface area contributed by atoms with Crippen molar-refractivity contribution in [3.8, 4) is 27.9 Å². The summed E-state index contributed by atoms with van der Waals surface area (Å²) >= 11 is 0. The lowest BCUT2D eigenvalue weighted by molar-refractivity contribution is 1.000. The van der Waals surface area contributed by atoms with Gasteiger partial charge in [0.2, 0.25) is 0 Å². The Morgan fingerprint density at radius 3 is 2.10 bits per heavy atom. The van der Waals surface area contributed by atoms with Gasteiger partial charge in [-0.3, -0.25) is 0 Å². The molecule has 0 amide bonds. The fourth-order valence-electron chi connectivity index (χ4n) is 11.1. The molecule has 2 heteroatoms. The van der Waals surface area contributed by atoms with Crippen LogP contribution in [0, 0.1) is 5.92 Å². The number of nitrogens with zero attached hydrogens (tertiary/aromatic N) is 2. The highest BCUT2D eigenvalue weighted by Gasteiger charge is 2.29. The van der Waals surface area contributed by atoms with E-state index in [0.29, 0.717) is 0 Å². The van der Waals surface area contributed by atoms with Gasteiger partial charge < -0.3 is 9.47 Å². The standard InChI is InChI=1S/C68H52N2/c1-4-20-60-57(5-2)67(49-24-8-6-9-25-49)61-33-16-12-21-46(3)66(61)68(60)69(54-30-10-7-11-31-54)55-37-39-56(40-38-55)70-64-41-35-52(51-29-18-27-47-22-13-14-26-50(47)43-51)44-62(64)63-45-53(36-42-65(63)70)59-34-19-28-48-23-15-17-32-58(48)59/h4-32,34-45,50H,2,33H2,1,3H3/b20-4-. The molecule has 1 atom stereocenters. The quantitative estimate of drug-likeness (QED) is 0.140. The largest absolute Gasteiger partial charge is 0.309 e. The molecule has 0 saturated carbocycles. The molecule has 0 bridgehead atoms. The van der Waals surface area contributed by atoms with Crippen molar-refractivity contribution in [3.63, 3.8) is 0 Å². The van der Waals surface area contributed by atoms with Crippen LogP contribution in [0.25, 0.3) is 83.8 Å². The third-order valence-corrected chi connectivity index (χ3v) is 14.3. The molecule has 9 aromatic rings. The molecule has 3 aliphatic rings. The number of allylic oxidation sites excluding steroid dienone is 15. The van der Waals surface area contributed by atoms with Crippen LogP contribution in [0.3, 0.4) is 0 Å². The van der Waals surface area contributed by atoms with E-state index in [4.69, 9.17) is 0 Å². The zero-order chi connectivity index (χ0) is 47.1. The minimum atomic E-state index is 0.241. The van der Waals surface area contributed by atoms with Crippen LogP contribution in [0.15, 0.2) is 249 Å². The summed E-state index contributed by atoms with van der Waals surface area (Å²) in [6.45, 7) is 8.84. The van der Waals surface area contributed by atoms with Crippen LogP contribution in [-0.4, -0.2) is 4.57 Å². The summed E-state index contributed by atoms with van der Waals surface area (Å²) in [6, 6.07) is 60.2. The first-order chi connectivity index (χ1) is 34.6. The van der Waals surface area contributed by atoms with Crippen LogP contribution >= 0.6 is 0 Å². The zero-order valence-corrected chi connectivity index (χ0v) is 39.6. The lowest BCUT2D eigenvalue weighted by Gasteiger charge is -2.33. The maximum absolute atomic E-state index is 4.47. The molecule has 0 radical (unpaired) electrons. The molecular weight excluding hydrogens is 845 g/mol. The van der Waals surface area contributed by atoms with Crippen molar-refractivity contribution in [3.05, 3.63) is 277 Å². The maximum atomic E-state index is 4.47. The van der Waals surface area contributed by atoms with Crippen molar-refractivity contribution in [2.24, 2.45) is 5.92 Å². The summed E-state index contributed by atoms with van der Waals surface area (Å²) in [6.07, 6.45) is 31.9. The fraction of sp³-hybridized carbons (Fsp3) is 0.0588. The third-order valence-electron chi connectivity index (χ3n) is 14.3. The summed E-state index contributed by atoms with van der Waals surface area (Å²) in [5.41, 5.74) is 21.4. The van der Waals surface area contributed by atoms with Crippen LogP contribution in [0.2, 0.25) is 0 Å². The first-order valence-corrected chi connectivity index (χ1v) is 24.4. The first kappa shape index (κ1) is 42.6. The van der Waals surface area contributed by atoms with Gasteiger partial charge in [0.1, 0.15) is 0 Å². The molecule has 12 rings (SSSR count). The molecule has 3 aliphatic carbocycles. The van der Waals surface area contributed by atoms with Gasteiger partial charge in [-0.25, -0.2) is 0 Å². The highest BCUT2D eigenvalue weighted by atomic mass is 15.1. The second-order valence-corrected chi connectivity index (χ2v) is 18.4. The van der Waals surface area contributed by atoms with Crippen molar-refractivity contribution in [2.75, 3.05) is 4.90 Å². The number of rotatable bonds is 9. The van der Waals surface area contributed by atoms with Crippen molar-refractivity contribution in [1.82, 2.24) is 4.57 Å². The monoisotopic (exact) mass is 896 g/mol. The molecule has 2 nitrogen and oxygen atoms in total. The SMILES string of the molecule is C=Cc1c(/C=C\C)c(N(c2ccccc2)c2ccc(-n3c4ccc(C5=CC6C=CC=CC6=CC=C5)cc4c4cc(-c5cccc6ccccc56)ccc43)cc2)c2c(c1-c1ccccc1)CC=CC=C2C. The van der Waals surface area contributed by atoms with Crippen molar-refractivity contribution >= 4 is 72.9 Å². The number of anilines is 3. The minimum Gasteiger partial charge on any atom is -0.309 e. The predicted molar refractivity (Wildman–Crippen MR) is 302 cm³/mol. The lowest BCUT2D eigenvalue weighted by Crippen LogP contribution is -2.16. The number of aromatic nitrogens is 1. The van der Waals surface area contributed by atoms with E-state index in [9.17, 15) is 0 Å². The van der Waals surface area contributed by atoms with Gasteiger partial charge in [0.05, 0.1) is 16.7 Å². The summed E-state index contributed by atoms with van der Waals surface area (Å²) in [4.78, 5) is 2.46. The maximum Gasteiger partial charge on any atom is 0.0618 e. The third kappa shape index (κ3) is 7.37. The van der Waals surface area contributed by atoms with E-state index in [1.54, 1.807) is 0 Å². The molecule has 0 saturated heterocycles. The molecule has 0 spiro atoms. The minimum absolute atomic E-state index is 0.241. The normalized spacial score (nSPS) is 15.1. The fourth-order valence-corrected chi connectivity index (χ4v) is 11.1. The average Bonchev–Trinajstić information content (AvgIpc) is 3.51. The molecule has 0 aliphatic heterocycles. The van der Waals surface area contributed by atoms with Crippen molar-refractivity contribution in [1.29, 1.82) is 0 Å². The molecule has 0 N–H and O–H groups in total. The first-order valence-electron chi connectivity index (χ1n) is 24.4. The van der Waals surface area contributed by atoms with Gasteiger partial charge in [0, 0.05) is 44.9 Å². The molecule has 1 unspecified atom stereocenters. The van der Waals surface area contributed by atoms with E-state index in [1.807, 2.05) is 0 Å². The van der Waals surface area contributed by atoms with Crippen LogP contribution in [0.5, 0.6) is 0 Å². The Balaban J connectivity index is 1.06. The number of hydrogen-bond donors (Lipinski definition) is 0. The number of hydrogen-bond acceptors (Lipinski definition) is 1. The predicted octanol–water partition coefficient (Wildman–Crippen LogP) is 18.6. The topological polar surface area (TPSA) is 8.17 Å². The van der Waals surface area contributed by atoms with E-state index < -0.39 is 0 Å². The molecule has 1 heterocycles. The van der Waals surface area contributed by atoms with E-state index in [1.165, 1.54) is 88.2 Å². The molecule has 1 aromatic heterocycles. The van der Waals surface area contributed by atoms with E-state index in [2.05, 4.69) is 279 Å². The summed E-state index contributed by atoms with van der Waals surface area (Å²) in [5.74, 6) is 0.241. The van der Waals surface area contributed by atoms with Gasteiger partial charge in [-0.2, -0.15) is 0 Å². The molecule has 70 heavy (non-hydrogen) atoms. The van der Waals surface area contributed by atoms with E-state index >= 15 is 0 Å². The van der Waals surface area contributed by atoms with Gasteiger partial charge in [-0.05, 0) is 147 Å². The molecule has 8 aromatic carbocycles. The number of benzene rings is 8. The Hall–Kier alpha value is -8.72. The van der Waals surface area contributed by atoms with Crippen LogP contribution in [0.4, 0.5) is 17.1 Å². The average molecular weight is 897 g/mol. The van der Waals surface area contributed by atoms with Gasteiger partial charge in [0.25, 0.3) is 0 Å². The van der Waals surface area contributed by atoms with Gasteiger partial charge in [0.15, 0.2) is 0 Å². The summed E-state index contributed by atoms with van der Waals surface area (Å²) in [5, 5.41) is 4.94. The smallest absolute Gasteiger partial charge is 0.0618 e. The highest BCUT2D eigenvalue weighted by Crippen LogP contribution is 2.50. The van der Waals surface area contributed by atoms with Gasteiger partial charge in [-0.1, -0.05) is 195 Å². The Labute approximate surface area is 411 Å².